The van der Waals surface area contributed by atoms with E-state index in [2.05, 4.69) is 28.6 Å². The molecule has 0 saturated carbocycles. The van der Waals surface area contributed by atoms with Crippen LogP contribution in [0.4, 0.5) is 15.8 Å². The van der Waals surface area contributed by atoms with Crippen LogP contribution < -0.4 is 4.90 Å². The van der Waals surface area contributed by atoms with Crippen molar-refractivity contribution in [2.45, 2.75) is 6.42 Å². The van der Waals surface area contributed by atoms with Gasteiger partial charge in [-0.05, 0) is 39.7 Å². The molecule has 1 aliphatic rings. The Balaban J connectivity index is 2.49. The van der Waals surface area contributed by atoms with E-state index in [9.17, 15) is 19.3 Å². The number of hydrogen-bond acceptors (Lipinski definition) is 4. The second-order valence-electron chi connectivity index (χ2n) is 4.24. The number of halogens is 2. The Morgan fingerprint density at radius 3 is 2.79 bits per heavy atom. The standard InChI is InChI=1S/C11H10BrFN2O3S/c12-7-1-2-8(11(10(7)13)15(17)18)14-4-6(5-19)3-9(14)16/h1-2,6,19H,3-5H2. The van der Waals surface area contributed by atoms with E-state index >= 15 is 0 Å². The molecule has 1 saturated heterocycles. The van der Waals surface area contributed by atoms with Gasteiger partial charge in [-0.2, -0.15) is 17.0 Å². The maximum atomic E-state index is 13.8. The molecule has 1 fully saturated rings. The number of benzene rings is 1. The number of carbonyl (C=O) groups is 1. The highest BCUT2D eigenvalue weighted by atomic mass is 79.9. The summed E-state index contributed by atoms with van der Waals surface area (Å²) in [5.41, 5.74) is -0.678. The van der Waals surface area contributed by atoms with Crippen LogP contribution in [0.15, 0.2) is 16.6 Å². The second kappa shape index (κ2) is 5.46. The van der Waals surface area contributed by atoms with Crippen LogP contribution in [0.1, 0.15) is 6.42 Å². The van der Waals surface area contributed by atoms with E-state index in [1.807, 2.05) is 0 Å². The summed E-state index contributed by atoms with van der Waals surface area (Å²) in [5, 5.41) is 11.0. The van der Waals surface area contributed by atoms with Gasteiger partial charge in [-0.3, -0.25) is 14.9 Å². The predicted molar refractivity (Wildman–Crippen MR) is 75.1 cm³/mol. The summed E-state index contributed by atoms with van der Waals surface area (Å²) in [5.74, 6) is -0.676. The number of rotatable bonds is 3. The number of nitrogens with zero attached hydrogens (tertiary/aromatic N) is 2. The van der Waals surface area contributed by atoms with Gasteiger partial charge in [0.2, 0.25) is 11.7 Å². The van der Waals surface area contributed by atoms with Crippen molar-refractivity contribution < 1.29 is 14.1 Å². The number of carbonyl (C=O) groups excluding carboxylic acids is 1. The van der Waals surface area contributed by atoms with E-state index in [0.717, 1.165) is 0 Å². The molecule has 1 heterocycles. The fourth-order valence-corrected chi connectivity index (χ4v) is 2.62. The normalized spacial score (nSPS) is 19.0. The smallest absolute Gasteiger partial charge is 0.306 e. The summed E-state index contributed by atoms with van der Waals surface area (Å²) in [6.07, 6.45) is 0.276. The maximum absolute atomic E-state index is 13.8. The van der Waals surface area contributed by atoms with Crippen LogP contribution in [-0.2, 0) is 4.79 Å². The monoisotopic (exact) mass is 348 g/mol. The summed E-state index contributed by atoms with van der Waals surface area (Å²) in [7, 11) is 0. The first-order valence-corrected chi connectivity index (χ1v) is 6.91. The van der Waals surface area contributed by atoms with Gasteiger partial charge >= 0.3 is 5.69 Å². The van der Waals surface area contributed by atoms with Gasteiger partial charge in [0.15, 0.2) is 0 Å². The summed E-state index contributed by atoms with van der Waals surface area (Å²) < 4.78 is 13.8. The summed E-state index contributed by atoms with van der Waals surface area (Å²) in [6, 6.07) is 2.74. The Kier molecular flexibility index (Phi) is 4.10. The lowest BCUT2D eigenvalue weighted by atomic mass is 10.1. The SMILES string of the molecule is O=C1CC(CS)CN1c1ccc(Br)c(F)c1[N+](=O)[O-]. The third-order valence-electron chi connectivity index (χ3n) is 2.98. The summed E-state index contributed by atoms with van der Waals surface area (Å²) in [6.45, 7) is 0.324. The minimum Gasteiger partial charge on any atom is -0.306 e. The Bertz CT molecular complexity index is 555. The number of thiol groups is 1. The highest BCUT2D eigenvalue weighted by Crippen LogP contribution is 2.37. The van der Waals surface area contributed by atoms with Crippen LogP contribution in [0.25, 0.3) is 0 Å². The van der Waals surface area contributed by atoms with Gasteiger partial charge in [0.1, 0.15) is 5.69 Å². The molecular formula is C11H10BrFN2O3S. The lowest BCUT2D eigenvalue weighted by molar-refractivity contribution is -0.386. The molecule has 0 aliphatic carbocycles. The second-order valence-corrected chi connectivity index (χ2v) is 5.46. The van der Waals surface area contributed by atoms with Crippen LogP contribution in [0, 0.1) is 21.8 Å². The van der Waals surface area contributed by atoms with Crippen molar-refractivity contribution >= 4 is 45.8 Å². The van der Waals surface area contributed by atoms with Crippen molar-refractivity contribution in [2.24, 2.45) is 5.92 Å². The molecule has 1 aliphatic heterocycles. The molecule has 0 N–H and O–H groups in total. The van der Waals surface area contributed by atoms with Crippen molar-refractivity contribution in [2.75, 3.05) is 17.2 Å². The molecule has 1 aromatic rings. The van der Waals surface area contributed by atoms with E-state index in [-0.39, 0.29) is 28.4 Å². The van der Waals surface area contributed by atoms with Gasteiger partial charge in [-0.1, -0.05) is 0 Å². The van der Waals surface area contributed by atoms with Crippen molar-refractivity contribution in [1.82, 2.24) is 0 Å². The Hall–Kier alpha value is -1.15. The third kappa shape index (κ3) is 2.59. The number of nitro benzene ring substituents is 1. The van der Waals surface area contributed by atoms with Crippen LogP contribution in [0.5, 0.6) is 0 Å². The van der Waals surface area contributed by atoms with Gasteiger partial charge in [0, 0.05) is 13.0 Å². The van der Waals surface area contributed by atoms with Crippen LogP contribution in [0.3, 0.4) is 0 Å². The Labute approximate surface area is 122 Å². The largest absolute Gasteiger partial charge is 0.329 e. The minimum absolute atomic E-state index is 0.0000154. The fraction of sp³-hybridized carbons (Fsp3) is 0.364. The number of nitro groups is 1. The average molecular weight is 349 g/mol. The van der Waals surface area contributed by atoms with Gasteiger partial charge in [0.05, 0.1) is 9.40 Å². The predicted octanol–water partition coefficient (Wildman–Crippen LogP) is 2.78. The van der Waals surface area contributed by atoms with Crippen molar-refractivity contribution in [3.63, 3.8) is 0 Å². The molecule has 8 heteroatoms. The van der Waals surface area contributed by atoms with Crippen molar-refractivity contribution in [3.8, 4) is 0 Å². The van der Waals surface area contributed by atoms with Crippen LogP contribution in [-0.4, -0.2) is 23.1 Å². The molecule has 2 rings (SSSR count). The van der Waals surface area contributed by atoms with E-state index in [4.69, 9.17) is 0 Å². The summed E-state index contributed by atoms with van der Waals surface area (Å²) in [4.78, 5) is 23.3. The lowest BCUT2D eigenvalue weighted by Gasteiger charge is -2.17. The first-order valence-electron chi connectivity index (χ1n) is 5.49. The van der Waals surface area contributed by atoms with E-state index < -0.39 is 16.4 Å². The molecule has 0 bridgehead atoms. The van der Waals surface area contributed by atoms with Crippen molar-refractivity contribution in [1.29, 1.82) is 0 Å². The van der Waals surface area contributed by atoms with Gasteiger partial charge in [-0.15, -0.1) is 0 Å². The Morgan fingerprint density at radius 2 is 2.26 bits per heavy atom. The lowest BCUT2D eigenvalue weighted by Crippen LogP contribution is -2.25. The first kappa shape index (κ1) is 14.3. The van der Waals surface area contributed by atoms with Gasteiger partial charge in [0.25, 0.3) is 0 Å². The summed E-state index contributed by atoms with van der Waals surface area (Å²) >= 11 is 7.02. The van der Waals surface area contributed by atoms with Crippen molar-refractivity contribution in [3.05, 3.63) is 32.5 Å². The van der Waals surface area contributed by atoms with Crippen LogP contribution in [0.2, 0.25) is 0 Å². The highest BCUT2D eigenvalue weighted by Gasteiger charge is 2.35. The molecule has 1 aromatic carbocycles. The number of hydrogen-bond donors (Lipinski definition) is 1. The maximum Gasteiger partial charge on any atom is 0.329 e. The van der Waals surface area contributed by atoms with Crippen LogP contribution >= 0.6 is 28.6 Å². The third-order valence-corrected chi connectivity index (χ3v) is 4.11. The molecular weight excluding hydrogens is 339 g/mol. The highest BCUT2D eigenvalue weighted by molar-refractivity contribution is 9.10. The minimum atomic E-state index is -0.968. The molecule has 1 unspecified atom stereocenters. The molecule has 5 nitrogen and oxygen atoms in total. The Morgan fingerprint density at radius 1 is 1.58 bits per heavy atom. The fourth-order valence-electron chi connectivity index (χ4n) is 2.06. The number of amides is 1. The zero-order chi connectivity index (χ0) is 14.2. The molecule has 102 valence electrons. The molecule has 1 amide bonds. The quantitative estimate of drug-likeness (QED) is 0.519. The molecule has 1 atom stereocenters. The molecule has 0 spiro atoms. The number of anilines is 1. The van der Waals surface area contributed by atoms with E-state index in [1.165, 1.54) is 17.0 Å². The topological polar surface area (TPSA) is 63.5 Å². The molecule has 0 radical (unpaired) electrons. The average Bonchev–Trinajstić information content (AvgIpc) is 2.73. The zero-order valence-corrected chi connectivity index (χ0v) is 12.2. The van der Waals surface area contributed by atoms with E-state index in [0.29, 0.717) is 12.3 Å². The first-order chi connectivity index (χ1) is 8.95. The zero-order valence-electron chi connectivity index (χ0n) is 9.68. The van der Waals surface area contributed by atoms with Gasteiger partial charge < -0.3 is 4.90 Å². The molecule has 19 heavy (non-hydrogen) atoms. The van der Waals surface area contributed by atoms with E-state index in [1.54, 1.807) is 0 Å². The van der Waals surface area contributed by atoms with Gasteiger partial charge in [-0.25, -0.2) is 0 Å². The molecule has 0 aromatic heterocycles.